The fraction of sp³-hybridized carbons (Fsp3) is 0.846. The van der Waals surface area contributed by atoms with Crippen LogP contribution in [0, 0.1) is 11.8 Å². The summed E-state index contributed by atoms with van der Waals surface area (Å²) in [5, 5.41) is 4.03. The van der Waals surface area contributed by atoms with Crippen molar-refractivity contribution in [2.75, 3.05) is 13.2 Å². The van der Waals surface area contributed by atoms with Crippen molar-refractivity contribution in [3.05, 3.63) is 11.7 Å². The van der Waals surface area contributed by atoms with Gasteiger partial charge in [-0.1, -0.05) is 5.16 Å². The number of aromatic nitrogens is 2. The largest absolute Gasteiger partial charge is 0.381 e. The highest BCUT2D eigenvalue weighted by Crippen LogP contribution is 2.51. The second-order valence-electron chi connectivity index (χ2n) is 5.43. The average molecular weight is 251 g/mol. The maximum atomic E-state index is 6.27. The summed E-state index contributed by atoms with van der Waals surface area (Å²) in [5.41, 5.74) is 6.27. The van der Waals surface area contributed by atoms with Crippen molar-refractivity contribution < 1.29 is 9.26 Å². The Morgan fingerprint density at radius 2 is 2.22 bits per heavy atom. The van der Waals surface area contributed by atoms with Crippen LogP contribution in [0.15, 0.2) is 4.52 Å². The lowest BCUT2D eigenvalue weighted by molar-refractivity contribution is 0.149. The van der Waals surface area contributed by atoms with Crippen LogP contribution >= 0.6 is 0 Å². The number of ether oxygens (including phenoxy) is 1. The van der Waals surface area contributed by atoms with Gasteiger partial charge in [0.15, 0.2) is 5.82 Å². The molecule has 0 aliphatic heterocycles. The van der Waals surface area contributed by atoms with Gasteiger partial charge in [-0.3, -0.25) is 0 Å². The maximum absolute atomic E-state index is 6.27. The van der Waals surface area contributed by atoms with E-state index in [1.807, 2.05) is 6.92 Å². The summed E-state index contributed by atoms with van der Waals surface area (Å²) in [6, 6.07) is 0.212. The Morgan fingerprint density at radius 3 is 2.94 bits per heavy atom. The van der Waals surface area contributed by atoms with E-state index in [-0.39, 0.29) is 12.0 Å². The Kier molecular flexibility index (Phi) is 3.35. The molecular weight excluding hydrogens is 230 g/mol. The van der Waals surface area contributed by atoms with E-state index in [2.05, 4.69) is 10.1 Å². The minimum atomic E-state index is 0.212. The molecule has 0 radical (unpaired) electrons. The highest BCUT2D eigenvalue weighted by Gasteiger charge is 2.48. The maximum Gasteiger partial charge on any atom is 0.231 e. The lowest BCUT2D eigenvalue weighted by atomic mass is 9.85. The molecule has 2 saturated carbocycles. The molecule has 5 nitrogen and oxygen atoms in total. The molecule has 1 aromatic rings. The molecule has 2 N–H and O–H groups in total. The van der Waals surface area contributed by atoms with Crippen molar-refractivity contribution in [2.24, 2.45) is 17.6 Å². The minimum absolute atomic E-state index is 0.212. The predicted molar refractivity (Wildman–Crippen MR) is 66.0 cm³/mol. The zero-order valence-corrected chi connectivity index (χ0v) is 10.8. The van der Waals surface area contributed by atoms with Gasteiger partial charge in [0.2, 0.25) is 5.89 Å². The summed E-state index contributed by atoms with van der Waals surface area (Å²) >= 11 is 0. The Morgan fingerprint density at radius 1 is 1.39 bits per heavy atom. The Labute approximate surface area is 107 Å². The minimum Gasteiger partial charge on any atom is -0.381 e. The molecule has 3 rings (SSSR count). The monoisotopic (exact) mass is 251 g/mol. The Balaban J connectivity index is 1.66. The number of nitrogens with two attached hydrogens (primary N) is 1. The summed E-state index contributed by atoms with van der Waals surface area (Å²) in [7, 11) is 0. The van der Waals surface area contributed by atoms with E-state index < -0.39 is 0 Å². The third kappa shape index (κ3) is 2.06. The van der Waals surface area contributed by atoms with Gasteiger partial charge in [0.1, 0.15) is 0 Å². The predicted octanol–water partition coefficient (Wildman–Crippen LogP) is 1.49. The first kappa shape index (κ1) is 12.1. The molecule has 1 heterocycles. The van der Waals surface area contributed by atoms with E-state index in [0.717, 1.165) is 18.3 Å². The number of hydrogen-bond donors (Lipinski definition) is 1. The van der Waals surface area contributed by atoms with Crippen LogP contribution in [-0.2, 0) is 11.2 Å². The van der Waals surface area contributed by atoms with E-state index >= 15 is 0 Å². The number of fused-ring (bicyclic) bond motifs is 2. The van der Waals surface area contributed by atoms with Gasteiger partial charge in [0, 0.05) is 19.1 Å². The third-order valence-corrected chi connectivity index (χ3v) is 4.42. The van der Waals surface area contributed by atoms with Gasteiger partial charge < -0.3 is 15.0 Å². The molecule has 4 atom stereocenters. The molecule has 2 aliphatic rings. The van der Waals surface area contributed by atoms with E-state index in [1.54, 1.807) is 0 Å². The van der Waals surface area contributed by atoms with Gasteiger partial charge in [-0.25, -0.2) is 0 Å². The second kappa shape index (κ2) is 4.97. The molecule has 1 aromatic heterocycles. The van der Waals surface area contributed by atoms with Crippen LogP contribution in [0.2, 0.25) is 0 Å². The molecule has 0 spiro atoms. The molecule has 5 heteroatoms. The second-order valence-corrected chi connectivity index (χ2v) is 5.43. The van der Waals surface area contributed by atoms with E-state index in [4.69, 9.17) is 15.0 Å². The van der Waals surface area contributed by atoms with Gasteiger partial charge >= 0.3 is 0 Å². The number of rotatable bonds is 5. The van der Waals surface area contributed by atoms with Gasteiger partial charge in [0.25, 0.3) is 0 Å². The van der Waals surface area contributed by atoms with Gasteiger partial charge in [-0.15, -0.1) is 0 Å². The van der Waals surface area contributed by atoms with E-state index in [9.17, 15) is 0 Å². The molecule has 0 amide bonds. The van der Waals surface area contributed by atoms with Gasteiger partial charge in [0.05, 0.1) is 12.5 Å². The van der Waals surface area contributed by atoms with Crippen molar-refractivity contribution in [1.29, 1.82) is 0 Å². The fourth-order valence-electron chi connectivity index (χ4n) is 3.51. The molecule has 18 heavy (non-hydrogen) atoms. The van der Waals surface area contributed by atoms with Crippen molar-refractivity contribution in [2.45, 2.75) is 44.6 Å². The Bertz CT molecular complexity index is 405. The van der Waals surface area contributed by atoms with E-state index in [1.165, 1.54) is 19.3 Å². The van der Waals surface area contributed by atoms with Crippen molar-refractivity contribution in [1.82, 2.24) is 10.1 Å². The average Bonchev–Trinajstić information content (AvgIpc) is 3.04. The van der Waals surface area contributed by atoms with Crippen molar-refractivity contribution in [3.63, 3.8) is 0 Å². The summed E-state index contributed by atoms with van der Waals surface area (Å²) in [5.74, 6) is 3.11. The number of nitrogens with zero attached hydrogens (tertiary/aromatic N) is 2. The first-order valence-corrected chi connectivity index (χ1v) is 6.95. The van der Waals surface area contributed by atoms with Crippen LogP contribution in [0.25, 0.3) is 0 Å². The molecule has 100 valence electrons. The molecule has 0 aromatic carbocycles. The van der Waals surface area contributed by atoms with Gasteiger partial charge in [-0.05, 0) is 38.0 Å². The lowest BCUT2D eigenvalue weighted by Crippen LogP contribution is -2.34. The molecular formula is C13H21N3O2. The van der Waals surface area contributed by atoms with Crippen LogP contribution < -0.4 is 5.73 Å². The standard InChI is InChI=1S/C13H21N3O2/c1-2-17-6-5-10-15-13(18-16-10)11-8-3-4-9(7-8)12(11)14/h8-9,11-12H,2-7,14H2,1H3. The SMILES string of the molecule is CCOCCc1noc(C2C3CCC(C3)C2N)n1. The van der Waals surface area contributed by atoms with Crippen LogP contribution in [0.1, 0.15) is 43.8 Å². The van der Waals surface area contributed by atoms with Crippen LogP contribution in [0.5, 0.6) is 0 Å². The fourth-order valence-corrected chi connectivity index (χ4v) is 3.51. The highest BCUT2D eigenvalue weighted by atomic mass is 16.5. The van der Waals surface area contributed by atoms with E-state index in [0.29, 0.717) is 24.9 Å². The van der Waals surface area contributed by atoms with Crippen LogP contribution in [0.4, 0.5) is 0 Å². The van der Waals surface area contributed by atoms with Crippen molar-refractivity contribution in [3.8, 4) is 0 Å². The van der Waals surface area contributed by atoms with Crippen LogP contribution in [0.3, 0.4) is 0 Å². The molecule has 2 aliphatic carbocycles. The summed E-state index contributed by atoms with van der Waals surface area (Å²) < 4.78 is 10.7. The normalized spacial score (nSPS) is 34.3. The summed E-state index contributed by atoms with van der Waals surface area (Å²) in [6.45, 7) is 3.36. The third-order valence-electron chi connectivity index (χ3n) is 4.42. The molecule has 2 fully saturated rings. The smallest absolute Gasteiger partial charge is 0.231 e. The Hall–Kier alpha value is -0.940. The zero-order valence-electron chi connectivity index (χ0n) is 10.8. The summed E-state index contributed by atoms with van der Waals surface area (Å²) in [4.78, 5) is 4.50. The van der Waals surface area contributed by atoms with Crippen molar-refractivity contribution >= 4 is 0 Å². The molecule has 2 bridgehead atoms. The first-order valence-electron chi connectivity index (χ1n) is 6.95. The first-order chi connectivity index (χ1) is 8.79. The number of hydrogen-bond acceptors (Lipinski definition) is 5. The topological polar surface area (TPSA) is 74.2 Å². The summed E-state index contributed by atoms with van der Waals surface area (Å²) in [6.07, 6.45) is 4.49. The van der Waals surface area contributed by atoms with Crippen LogP contribution in [-0.4, -0.2) is 29.4 Å². The zero-order chi connectivity index (χ0) is 12.5. The highest BCUT2D eigenvalue weighted by molar-refractivity contribution is 5.11. The molecule has 0 saturated heterocycles. The lowest BCUT2D eigenvalue weighted by Gasteiger charge is -2.24. The van der Waals surface area contributed by atoms with Gasteiger partial charge in [-0.2, -0.15) is 4.98 Å². The molecule has 4 unspecified atom stereocenters. The quantitative estimate of drug-likeness (QED) is 0.802.